The third-order valence-corrected chi connectivity index (χ3v) is 4.37. The second kappa shape index (κ2) is 7.02. The van der Waals surface area contributed by atoms with E-state index >= 15 is 0 Å². The Balaban J connectivity index is 1.77. The molecule has 0 radical (unpaired) electrons. The monoisotopic (exact) mass is 344 g/mol. The van der Waals surface area contributed by atoms with Crippen LogP contribution in [-0.2, 0) is 9.59 Å². The summed E-state index contributed by atoms with van der Waals surface area (Å²) in [5, 5.41) is 8.44. The molecule has 1 aromatic carbocycles. The summed E-state index contributed by atoms with van der Waals surface area (Å²) < 4.78 is 0. The highest BCUT2D eigenvalue weighted by Crippen LogP contribution is 2.29. The summed E-state index contributed by atoms with van der Waals surface area (Å²) in [4.78, 5) is 49.5. The Kier molecular flexibility index (Phi) is 4.80. The maximum atomic E-state index is 12.7. The first-order valence-corrected chi connectivity index (χ1v) is 8.27. The zero-order valence-electron chi connectivity index (χ0n) is 13.9. The van der Waals surface area contributed by atoms with Gasteiger partial charge in [0, 0.05) is 18.7 Å². The number of hydrogen-bond donors (Lipinski definition) is 3. The highest BCUT2D eigenvalue weighted by atomic mass is 16.2. The summed E-state index contributed by atoms with van der Waals surface area (Å²) in [6, 6.07) is 4.05. The molecule has 132 valence electrons. The van der Waals surface area contributed by atoms with Gasteiger partial charge in [-0.3, -0.25) is 29.4 Å². The second-order valence-electron chi connectivity index (χ2n) is 6.09. The molecule has 0 bridgehead atoms. The molecule has 2 aliphatic rings. The van der Waals surface area contributed by atoms with Crippen molar-refractivity contribution in [1.82, 2.24) is 15.5 Å². The van der Waals surface area contributed by atoms with E-state index in [2.05, 4.69) is 16.0 Å². The fraction of sp³-hybridized carbons (Fsp3) is 0.412. The van der Waals surface area contributed by atoms with Gasteiger partial charge in [0.05, 0.1) is 11.1 Å². The predicted molar refractivity (Wildman–Crippen MR) is 90.1 cm³/mol. The van der Waals surface area contributed by atoms with Crippen molar-refractivity contribution >= 4 is 29.3 Å². The Hall–Kier alpha value is -2.74. The van der Waals surface area contributed by atoms with Crippen LogP contribution in [0.1, 0.15) is 40.0 Å². The molecule has 4 amide bonds. The van der Waals surface area contributed by atoms with Gasteiger partial charge in [0.25, 0.3) is 11.8 Å². The number of amides is 4. The van der Waals surface area contributed by atoms with Gasteiger partial charge in [0.15, 0.2) is 0 Å². The minimum absolute atomic E-state index is 0.113. The number of hydrogen-bond acceptors (Lipinski definition) is 6. The average molecular weight is 344 g/mol. The van der Waals surface area contributed by atoms with Crippen molar-refractivity contribution in [1.29, 1.82) is 0 Å². The van der Waals surface area contributed by atoms with Crippen LogP contribution >= 0.6 is 0 Å². The third kappa shape index (κ3) is 3.25. The number of nitrogens with one attached hydrogen (secondary N) is 3. The zero-order chi connectivity index (χ0) is 18.0. The maximum Gasteiger partial charge on any atom is 0.262 e. The van der Waals surface area contributed by atoms with Gasteiger partial charge in [0.2, 0.25) is 11.8 Å². The zero-order valence-corrected chi connectivity index (χ0v) is 13.9. The van der Waals surface area contributed by atoms with Gasteiger partial charge in [-0.1, -0.05) is 0 Å². The van der Waals surface area contributed by atoms with E-state index in [0.29, 0.717) is 0 Å². The van der Waals surface area contributed by atoms with Gasteiger partial charge in [-0.05, 0) is 44.6 Å². The maximum absolute atomic E-state index is 12.7. The summed E-state index contributed by atoms with van der Waals surface area (Å²) in [5.41, 5.74) is 1.32. The highest BCUT2D eigenvalue weighted by Gasteiger charge is 2.44. The molecule has 0 spiro atoms. The molecule has 3 N–H and O–H groups in total. The van der Waals surface area contributed by atoms with Crippen molar-refractivity contribution in [3.8, 4) is 0 Å². The van der Waals surface area contributed by atoms with E-state index in [4.69, 9.17) is 0 Å². The van der Waals surface area contributed by atoms with Crippen LogP contribution in [0.2, 0.25) is 0 Å². The number of fused-ring (bicyclic) bond motifs is 1. The molecule has 1 fully saturated rings. The lowest BCUT2D eigenvalue weighted by Gasteiger charge is -2.27. The number of carbonyl (C=O) groups is 4. The van der Waals surface area contributed by atoms with Crippen molar-refractivity contribution in [3.63, 3.8) is 0 Å². The van der Waals surface area contributed by atoms with E-state index in [1.54, 1.807) is 18.2 Å². The minimum Gasteiger partial charge on any atom is -0.385 e. The number of rotatable bonds is 6. The quantitative estimate of drug-likeness (QED) is 0.499. The standard InChI is InChI=1S/C17H20N4O4/c1-18-7-2-8-19-10-3-4-11-12(9-10)17(25)21(16(11)24)13-5-6-14(22)20-15(13)23/h3-4,9,13,18-19H,2,5-8H2,1H3,(H,20,22,23). The molecule has 0 saturated carbocycles. The fourth-order valence-corrected chi connectivity index (χ4v) is 3.08. The largest absolute Gasteiger partial charge is 0.385 e. The van der Waals surface area contributed by atoms with Gasteiger partial charge in [0.1, 0.15) is 6.04 Å². The number of carbonyl (C=O) groups excluding carboxylic acids is 4. The van der Waals surface area contributed by atoms with E-state index < -0.39 is 23.8 Å². The van der Waals surface area contributed by atoms with Crippen molar-refractivity contribution < 1.29 is 19.2 Å². The Morgan fingerprint density at radius 2 is 1.88 bits per heavy atom. The summed E-state index contributed by atoms with van der Waals surface area (Å²) in [6.07, 6.45) is 1.19. The van der Waals surface area contributed by atoms with Crippen LogP contribution in [0.4, 0.5) is 5.69 Å². The third-order valence-electron chi connectivity index (χ3n) is 4.37. The molecule has 0 aliphatic carbocycles. The molecule has 2 aliphatic heterocycles. The normalized spacial score (nSPS) is 19.9. The fourth-order valence-electron chi connectivity index (χ4n) is 3.08. The second-order valence-corrected chi connectivity index (χ2v) is 6.09. The summed E-state index contributed by atoms with van der Waals surface area (Å²) in [6.45, 7) is 1.61. The summed E-state index contributed by atoms with van der Waals surface area (Å²) in [5.74, 6) is -1.97. The molecule has 8 heteroatoms. The smallest absolute Gasteiger partial charge is 0.262 e. The topological polar surface area (TPSA) is 108 Å². The van der Waals surface area contributed by atoms with Crippen LogP contribution in [-0.4, -0.2) is 54.7 Å². The van der Waals surface area contributed by atoms with Gasteiger partial charge in [-0.2, -0.15) is 0 Å². The number of piperidine rings is 1. The Bertz CT molecular complexity index is 746. The predicted octanol–water partition coefficient (Wildman–Crippen LogP) is 0.109. The van der Waals surface area contributed by atoms with Crippen molar-refractivity contribution in [3.05, 3.63) is 29.3 Å². The first-order chi connectivity index (χ1) is 12.0. The van der Waals surface area contributed by atoms with Crippen LogP contribution in [0.25, 0.3) is 0 Å². The van der Waals surface area contributed by atoms with Gasteiger partial charge >= 0.3 is 0 Å². The Morgan fingerprint density at radius 1 is 1.12 bits per heavy atom. The molecule has 1 unspecified atom stereocenters. The van der Waals surface area contributed by atoms with E-state index in [1.165, 1.54) is 0 Å². The van der Waals surface area contributed by atoms with Crippen LogP contribution in [0.5, 0.6) is 0 Å². The van der Waals surface area contributed by atoms with E-state index in [-0.39, 0.29) is 29.9 Å². The van der Waals surface area contributed by atoms with E-state index in [1.807, 2.05) is 7.05 Å². The van der Waals surface area contributed by atoms with Crippen LogP contribution in [0, 0.1) is 0 Å². The molecule has 1 aromatic rings. The number of benzene rings is 1. The summed E-state index contributed by atoms with van der Waals surface area (Å²) in [7, 11) is 1.88. The van der Waals surface area contributed by atoms with Crippen LogP contribution in [0.3, 0.4) is 0 Å². The van der Waals surface area contributed by atoms with E-state index in [9.17, 15) is 19.2 Å². The lowest BCUT2D eigenvalue weighted by Crippen LogP contribution is -2.54. The summed E-state index contributed by atoms with van der Waals surface area (Å²) >= 11 is 0. The van der Waals surface area contributed by atoms with Crippen molar-refractivity contribution in [2.24, 2.45) is 0 Å². The van der Waals surface area contributed by atoms with Crippen molar-refractivity contribution in [2.75, 3.05) is 25.5 Å². The Morgan fingerprint density at radius 3 is 2.60 bits per heavy atom. The molecule has 3 rings (SSSR count). The molecule has 0 aromatic heterocycles. The number of nitrogens with zero attached hydrogens (tertiary/aromatic N) is 1. The molecule has 25 heavy (non-hydrogen) atoms. The lowest BCUT2D eigenvalue weighted by atomic mass is 10.0. The molecule has 2 heterocycles. The van der Waals surface area contributed by atoms with Gasteiger partial charge in [-0.15, -0.1) is 0 Å². The highest BCUT2D eigenvalue weighted by molar-refractivity contribution is 6.23. The number of imide groups is 2. The first kappa shape index (κ1) is 17.1. The molecule has 1 saturated heterocycles. The van der Waals surface area contributed by atoms with Crippen LogP contribution < -0.4 is 16.0 Å². The van der Waals surface area contributed by atoms with Gasteiger partial charge in [-0.25, -0.2) is 0 Å². The van der Waals surface area contributed by atoms with Gasteiger partial charge < -0.3 is 10.6 Å². The molecule has 1 atom stereocenters. The molecule has 8 nitrogen and oxygen atoms in total. The average Bonchev–Trinajstić information content (AvgIpc) is 2.83. The number of anilines is 1. The minimum atomic E-state index is -0.933. The van der Waals surface area contributed by atoms with Crippen LogP contribution in [0.15, 0.2) is 18.2 Å². The van der Waals surface area contributed by atoms with E-state index in [0.717, 1.165) is 30.1 Å². The first-order valence-electron chi connectivity index (χ1n) is 8.27. The molecular weight excluding hydrogens is 324 g/mol. The molecular formula is C17H20N4O4. The van der Waals surface area contributed by atoms with Crippen molar-refractivity contribution in [2.45, 2.75) is 25.3 Å². The lowest BCUT2D eigenvalue weighted by molar-refractivity contribution is -0.136. The SMILES string of the molecule is CNCCCNc1ccc2c(c1)C(=O)N(C1CCC(=O)NC1=O)C2=O. The Labute approximate surface area is 144 Å².